The smallest absolute Gasteiger partial charge is 0.232 e. The van der Waals surface area contributed by atoms with Crippen molar-refractivity contribution in [3.63, 3.8) is 0 Å². The van der Waals surface area contributed by atoms with Crippen LogP contribution in [-0.2, 0) is 0 Å². The molecule has 1 fully saturated rings. The van der Waals surface area contributed by atoms with E-state index in [-0.39, 0.29) is 33.7 Å². The summed E-state index contributed by atoms with van der Waals surface area (Å²) < 4.78 is 5.71. The van der Waals surface area contributed by atoms with Crippen molar-refractivity contribution < 1.29 is 9.21 Å². The Kier molecular flexibility index (Phi) is 3.23. The molecule has 0 radical (unpaired) electrons. The second-order valence-electron chi connectivity index (χ2n) is 6.21. The maximum absolute atomic E-state index is 12.8. The lowest BCUT2D eigenvalue weighted by Gasteiger charge is -2.05. The van der Waals surface area contributed by atoms with Crippen LogP contribution < -0.4 is 11.2 Å². The van der Waals surface area contributed by atoms with Crippen LogP contribution in [0.1, 0.15) is 35.7 Å². The van der Waals surface area contributed by atoms with Crippen LogP contribution in [-0.4, -0.2) is 10.8 Å². The molecule has 24 heavy (non-hydrogen) atoms. The van der Waals surface area contributed by atoms with Gasteiger partial charge in [0.15, 0.2) is 5.78 Å². The number of rotatable bonds is 3. The third kappa shape index (κ3) is 2.48. The van der Waals surface area contributed by atoms with Crippen LogP contribution in [0.15, 0.2) is 39.6 Å². The summed E-state index contributed by atoms with van der Waals surface area (Å²) in [5.41, 5.74) is 7.37. The number of nitrogens with two attached hydrogens (primary N) is 1. The molecule has 120 valence electrons. The van der Waals surface area contributed by atoms with E-state index >= 15 is 0 Å². The van der Waals surface area contributed by atoms with Crippen molar-refractivity contribution >= 4 is 39.7 Å². The summed E-state index contributed by atoms with van der Waals surface area (Å²) >= 11 is 0. The number of carbonyl (C=O) groups is 1. The highest BCUT2D eigenvalue weighted by atomic mass is 16.3. The highest BCUT2D eigenvalue weighted by molar-refractivity contribution is 6.02. The monoisotopic (exact) mass is 320 g/mol. The zero-order valence-corrected chi connectivity index (χ0v) is 13.2. The second kappa shape index (κ2) is 5.30. The zero-order chi connectivity index (χ0) is 16.8. The molecule has 1 saturated carbocycles. The van der Waals surface area contributed by atoms with Crippen molar-refractivity contribution in [3.8, 4) is 0 Å². The van der Waals surface area contributed by atoms with Gasteiger partial charge < -0.3 is 10.2 Å². The fraction of sp³-hybridized carbons (Fsp3) is 0.211. The van der Waals surface area contributed by atoms with Crippen molar-refractivity contribution in [2.75, 3.05) is 5.73 Å². The summed E-state index contributed by atoms with van der Waals surface area (Å²) in [6.07, 6.45) is 6.67. The van der Waals surface area contributed by atoms with Gasteiger partial charge in [0.25, 0.3) is 0 Å². The van der Waals surface area contributed by atoms with E-state index in [1.165, 1.54) is 25.8 Å². The zero-order valence-electron chi connectivity index (χ0n) is 13.2. The highest BCUT2D eigenvalue weighted by Crippen LogP contribution is 2.31. The Morgan fingerprint density at radius 1 is 1.29 bits per heavy atom. The number of hydrogen-bond acceptors (Lipinski definition) is 5. The number of anilines is 1. The molecule has 1 aliphatic rings. The van der Waals surface area contributed by atoms with Gasteiger partial charge in [0, 0.05) is 0 Å². The number of ketones is 1. The van der Waals surface area contributed by atoms with Crippen molar-refractivity contribution in [3.05, 3.63) is 51.7 Å². The number of Topliss-reactive ketones (excluding diaryl/α,β-unsaturated/α-hetero) is 1. The van der Waals surface area contributed by atoms with E-state index in [0.29, 0.717) is 16.9 Å². The summed E-state index contributed by atoms with van der Waals surface area (Å²) in [6.45, 7) is 1.39. The maximum Gasteiger partial charge on any atom is 0.232 e. The van der Waals surface area contributed by atoms with Crippen molar-refractivity contribution in [2.45, 2.75) is 19.8 Å². The maximum atomic E-state index is 12.8. The molecule has 1 aliphatic carbocycles. The number of fused-ring (bicyclic) bond motifs is 2. The van der Waals surface area contributed by atoms with Crippen LogP contribution in [0.4, 0.5) is 5.82 Å². The van der Waals surface area contributed by atoms with Crippen LogP contribution in [0.2, 0.25) is 0 Å². The van der Waals surface area contributed by atoms with Crippen molar-refractivity contribution in [1.82, 2.24) is 4.98 Å². The van der Waals surface area contributed by atoms with E-state index < -0.39 is 0 Å². The van der Waals surface area contributed by atoms with Gasteiger partial charge in [-0.1, -0.05) is 18.2 Å². The lowest BCUT2D eigenvalue weighted by atomic mass is 10.1. The molecule has 0 aliphatic heterocycles. The first kappa shape index (κ1) is 14.6. The molecule has 5 nitrogen and oxygen atoms in total. The predicted octanol–water partition coefficient (Wildman–Crippen LogP) is 3.55. The molecule has 1 aromatic carbocycles. The predicted molar refractivity (Wildman–Crippen MR) is 94.0 cm³/mol. The summed E-state index contributed by atoms with van der Waals surface area (Å²) in [4.78, 5) is 28.5. The largest absolute Gasteiger partial charge is 0.437 e. The summed E-state index contributed by atoms with van der Waals surface area (Å²) in [6, 6.07) is 6.95. The first-order valence-electron chi connectivity index (χ1n) is 7.89. The van der Waals surface area contributed by atoms with Gasteiger partial charge in [0.1, 0.15) is 11.4 Å². The molecule has 5 heteroatoms. The third-order valence-electron chi connectivity index (χ3n) is 4.28. The second-order valence-corrected chi connectivity index (χ2v) is 6.21. The lowest BCUT2D eigenvalue weighted by Crippen LogP contribution is -2.08. The average Bonchev–Trinajstić information content (AvgIpc) is 3.37. The molecular weight excluding hydrogens is 304 g/mol. The third-order valence-corrected chi connectivity index (χ3v) is 4.28. The number of carbonyl (C=O) groups excluding carboxylic acids is 1. The normalized spacial score (nSPS) is 14.7. The number of aromatic nitrogens is 1. The Balaban J connectivity index is 1.95. The molecule has 0 amide bonds. The minimum Gasteiger partial charge on any atom is -0.437 e. The molecule has 0 bridgehead atoms. The van der Waals surface area contributed by atoms with E-state index in [1.54, 1.807) is 6.07 Å². The molecule has 2 N–H and O–H groups in total. The number of nitrogens with zero attached hydrogens (tertiary/aromatic N) is 1. The van der Waals surface area contributed by atoms with Gasteiger partial charge >= 0.3 is 0 Å². The highest BCUT2D eigenvalue weighted by Gasteiger charge is 2.17. The van der Waals surface area contributed by atoms with Gasteiger partial charge in [-0.25, -0.2) is 0 Å². The van der Waals surface area contributed by atoms with Gasteiger partial charge in [-0.05, 0) is 49.4 Å². The number of hydrogen-bond donors (Lipinski definition) is 1. The van der Waals surface area contributed by atoms with Gasteiger partial charge in [-0.3, -0.25) is 9.59 Å². The first-order valence-corrected chi connectivity index (χ1v) is 7.89. The number of pyridine rings is 1. The summed E-state index contributed by atoms with van der Waals surface area (Å²) in [7, 11) is 0. The Hall–Kier alpha value is -2.95. The SMILES string of the molecule is CC(=O)c1cc2c(=O)c3cc(/C=C/C4CC4)ccc3oc2nc1N. The first-order chi connectivity index (χ1) is 11.5. The number of nitrogen functional groups attached to an aromatic ring is 1. The summed E-state index contributed by atoms with van der Waals surface area (Å²) in [5, 5.41) is 0.742. The molecule has 0 unspecified atom stereocenters. The van der Waals surface area contributed by atoms with Gasteiger partial charge in [0.05, 0.1) is 16.3 Å². The van der Waals surface area contributed by atoms with Gasteiger partial charge in [0.2, 0.25) is 11.1 Å². The molecule has 2 heterocycles. The summed E-state index contributed by atoms with van der Waals surface area (Å²) in [5.74, 6) is 0.503. The van der Waals surface area contributed by atoms with Crippen molar-refractivity contribution in [1.29, 1.82) is 0 Å². The standard InChI is InChI=1S/C19H16N2O3/c1-10(22)13-9-15-17(23)14-8-12(5-4-11-2-3-11)6-7-16(14)24-19(15)21-18(13)20/h4-9,11H,2-3H2,1H3,(H2,20,21)/b5-4+. The fourth-order valence-electron chi connectivity index (χ4n) is 2.74. The van der Waals surface area contributed by atoms with Crippen LogP contribution in [0, 0.1) is 5.92 Å². The van der Waals surface area contributed by atoms with E-state index in [2.05, 4.69) is 11.1 Å². The minimum atomic E-state index is -0.234. The fourth-order valence-corrected chi connectivity index (χ4v) is 2.74. The van der Waals surface area contributed by atoms with E-state index in [1.807, 2.05) is 18.2 Å². The topological polar surface area (TPSA) is 86.2 Å². The lowest BCUT2D eigenvalue weighted by molar-refractivity contribution is 0.101. The Bertz CT molecular complexity index is 1080. The average molecular weight is 320 g/mol. The number of benzene rings is 1. The molecule has 0 saturated heterocycles. The van der Waals surface area contributed by atoms with E-state index in [9.17, 15) is 9.59 Å². The molecular formula is C19H16N2O3. The van der Waals surface area contributed by atoms with E-state index in [4.69, 9.17) is 10.2 Å². The van der Waals surface area contributed by atoms with Crippen LogP contribution >= 0.6 is 0 Å². The van der Waals surface area contributed by atoms with Crippen LogP contribution in [0.25, 0.3) is 28.1 Å². The number of allylic oxidation sites excluding steroid dienone is 1. The van der Waals surface area contributed by atoms with Crippen LogP contribution in [0.5, 0.6) is 0 Å². The molecule has 4 rings (SSSR count). The molecule has 3 aromatic rings. The minimum absolute atomic E-state index is 0.0708. The Morgan fingerprint density at radius 3 is 2.79 bits per heavy atom. The Morgan fingerprint density at radius 2 is 2.08 bits per heavy atom. The molecule has 0 spiro atoms. The molecule has 0 atom stereocenters. The van der Waals surface area contributed by atoms with Gasteiger partial charge in [-0.15, -0.1) is 0 Å². The Labute approximate surface area is 137 Å². The molecule has 2 aromatic heterocycles. The van der Waals surface area contributed by atoms with Crippen LogP contribution in [0.3, 0.4) is 0 Å². The van der Waals surface area contributed by atoms with Gasteiger partial charge in [-0.2, -0.15) is 4.98 Å². The quantitative estimate of drug-likeness (QED) is 0.589. The van der Waals surface area contributed by atoms with Crippen molar-refractivity contribution in [2.24, 2.45) is 5.92 Å². The van der Waals surface area contributed by atoms with E-state index in [0.717, 1.165) is 5.56 Å².